The molecule has 2 rings (SSSR count). The van der Waals surface area contributed by atoms with Crippen LogP contribution in [0.4, 0.5) is 0 Å². The van der Waals surface area contributed by atoms with E-state index in [-0.39, 0.29) is 6.10 Å². The number of thiophene rings is 1. The monoisotopic (exact) mass is 224 g/mol. The molecule has 0 bridgehead atoms. The van der Waals surface area contributed by atoms with Crippen LogP contribution in [-0.2, 0) is 6.42 Å². The molecule has 1 nitrogen and oxygen atoms in total. The molecular weight excluding hydrogens is 204 g/mol. The summed E-state index contributed by atoms with van der Waals surface area (Å²) < 4.78 is 0. The zero-order chi connectivity index (χ0) is 10.5. The van der Waals surface area contributed by atoms with Crippen LogP contribution in [0.2, 0.25) is 0 Å². The molecule has 15 heavy (non-hydrogen) atoms. The van der Waals surface area contributed by atoms with Crippen LogP contribution >= 0.6 is 11.3 Å². The molecule has 2 heteroatoms. The van der Waals surface area contributed by atoms with E-state index in [0.29, 0.717) is 5.92 Å². The Balaban J connectivity index is 1.81. The summed E-state index contributed by atoms with van der Waals surface area (Å²) in [6.07, 6.45) is 8.38. The predicted molar refractivity (Wildman–Crippen MR) is 65.2 cm³/mol. The molecule has 0 radical (unpaired) electrons. The van der Waals surface area contributed by atoms with E-state index in [2.05, 4.69) is 17.5 Å². The van der Waals surface area contributed by atoms with Crippen LogP contribution < -0.4 is 0 Å². The second-order valence-electron chi connectivity index (χ2n) is 4.58. The van der Waals surface area contributed by atoms with Crippen LogP contribution in [0.3, 0.4) is 0 Å². The number of aliphatic hydroxyl groups excluding tert-OH is 1. The molecule has 0 aliphatic heterocycles. The van der Waals surface area contributed by atoms with Crippen molar-refractivity contribution in [2.75, 3.05) is 0 Å². The fraction of sp³-hybridized carbons (Fsp3) is 0.692. The molecule has 2 atom stereocenters. The first-order valence-electron chi connectivity index (χ1n) is 6.06. The molecule has 0 saturated heterocycles. The lowest BCUT2D eigenvalue weighted by Gasteiger charge is -2.19. The minimum absolute atomic E-state index is 0.0348. The van der Waals surface area contributed by atoms with Crippen molar-refractivity contribution in [3.05, 3.63) is 22.4 Å². The Morgan fingerprint density at radius 3 is 2.93 bits per heavy atom. The summed E-state index contributed by atoms with van der Waals surface area (Å²) in [5.74, 6) is 0.551. The smallest absolute Gasteiger partial charge is 0.0568 e. The summed E-state index contributed by atoms with van der Waals surface area (Å²) in [5.41, 5.74) is 0. The fourth-order valence-electron chi connectivity index (χ4n) is 2.48. The van der Waals surface area contributed by atoms with Gasteiger partial charge in [-0.1, -0.05) is 25.3 Å². The molecule has 2 unspecified atom stereocenters. The Kier molecular flexibility index (Phi) is 4.21. The van der Waals surface area contributed by atoms with Crippen LogP contribution in [-0.4, -0.2) is 11.2 Å². The third-order valence-electron chi connectivity index (χ3n) is 3.46. The van der Waals surface area contributed by atoms with Gasteiger partial charge in [0.2, 0.25) is 0 Å². The van der Waals surface area contributed by atoms with Gasteiger partial charge in [0, 0.05) is 4.88 Å². The van der Waals surface area contributed by atoms with Crippen LogP contribution in [0.25, 0.3) is 0 Å². The highest BCUT2D eigenvalue weighted by atomic mass is 32.1. The fourth-order valence-corrected chi connectivity index (χ4v) is 3.21. The van der Waals surface area contributed by atoms with Gasteiger partial charge in [0.15, 0.2) is 0 Å². The van der Waals surface area contributed by atoms with Crippen molar-refractivity contribution in [1.82, 2.24) is 0 Å². The van der Waals surface area contributed by atoms with Crippen molar-refractivity contribution >= 4 is 11.3 Å². The summed E-state index contributed by atoms with van der Waals surface area (Å²) in [5, 5.41) is 12.1. The SMILES string of the molecule is OC1CCCCCC1CCc1cccs1. The Hall–Kier alpha value is -0.340. The van der Waals surface area contributed by atoms with Gasteiger partial charge in [-0.15, -0.1) is 11.3 Å². The Bertz CT molecular complexity index is 268. The van der Waals surface area contributed by atoms with Gasteiger partial charge in [0.1, 0.15) is 0 Å². The zero-order valence-corrected chi connectivity index (χ0v) is 10.0. The molecule has 1 saturated carbocycles. The standard InChI is InChI=1S/C13H20OS/c14-13-7-3-1-2-5-11(13)8-9-12-6-4-10-15-12/h4,6,10-11,13-14H,1-3,5,7-9H2. The average molecular weight is 224 g/mol. The van der Waals surface area contributed by atoms with E-state index in [1.54, 1.807) is 0 Å². The lowest BCUT2D eigenvalue weighted by molar-refractivity contribution is 0.0961. The molecule has 84 valence electrons. The molecule has 1 aromatic heterocycles. The Labute approximate surface area is 96.1 Å². The molecule has 1 aliphatic carbocycles. The van der Waals surface area contributed by atoms with E-state index in [1.807, 2.05) is 11.3 Å². The highest BCUT2D eigenvalue weighted by Gasteiger charge is 2.21. The van der Waals surface area contributed by atoms with E-state index in [0.717, 1.165) is 12.8 Å². The average Bonchev–Trinajstić information content (AvgIpc) is 2.67. The first kappa shape index (κ1) is 11.2. The van der Waals surface area contributed by atoms with E-state index in [9.17, 15) is 5.11 Å². The van der Waals surface area contributed by atoms with Gasteiger partial charge in [-0.05, 0) is 43.0 Å². The molecule has 0 spiro atoms. The summed E-state index contributed by atoms with van der Waals surface area (Å²) in [4.78, 5) is 1.46. The van der Waals surface area contributed by atoms with Crippen LogP contribution in [0, 0.1) is 5.92 Å². The van der Waals surface area contributed by atoms with Gasteiger partial charge in [0.05, 0.1) is 6.10 Å². The minimum Gasteiger partial charge on any atom is -0.393 e. The van der Waals surface area contributed by atoms with Gasteiger partial charge >= 0.3 is 0 Å². The maximum atomic E-state index is 9.98. The van der Waals surface area contributed by atoms with Crippen molar-refractivity contribution in [1.29, 1.82) is 0 Å². The van der Waals surface area contributed by atoms with Gasteiger partial charge < -0.3 is 5.11 Å². The van der Waals surface area contributed by atoms with Gasteiger partial charge in [0.25, 0.3) is 0 Å². The first-order chi connectivity index (χ1) is 7.36. The van der Waals surface area contributed by atoms with Crippen molar-refractivity contribution in [3.63, 3.8) is 0 Å². The lowest BCUT2D eigenvalue weighted by Crippen LogP contribution is -2.19. The highest BCUT2D eigenvalue weighted by Crippen LogP contribution is 2.27. The van der Waals surface area contributed by atoms with Gasteiger partial charge in [-0.25, -0.2) is 0 Å². The third-order valence-corrected chi connectivity index (χ3v) is 4.40. The van der Waals surface area contributed by atoms with Crippen molar-refractivity contribution in [3.8, 4) is 0 Å². The number of hydrogen-bond donors (Lipinski definition) is 1. The number of hydrogen-bond acceptors (Lipinski definition) is 2. The van der Waals surface area contributed by atoms with Crippen molar-refractivity contribution in [2.45, 2.75) is 51.0 Å². The van der Waals surface area contributed by atoms with E-state index in [1.165, 1.54) is 37.0 Å². The van der Waals surface area contributed by atoms with E-state index < -0.39 is 0 Å². The maximum Gasteiger partial charge on any atom is 0.0568 e. The van der Waals surface area contributed by atoms with Gasteiger partial charge in [-0.2, -0.15) is 0 Å². The van der Waals surface area contributed by atoms with Crippen LogP contribution in [0.15, 0.2) is 17.5 Å². The normalized spacial score (nSPS) is 27.5. The molecule has 1 fully saturated rings. The number of aryl methyl sites for hydroxylation is 1. The van der Waals surface area contributed by atoms with Crippen LogP contribution in [0.1, 0.15) is 43.4 Å². The van der Waals surface area contributed by atoms with Crippen molar-refractivity contribution in [2.24, 2.45) is 5.92 Å². The quantitative estimate of drug-likeness (QED) is 0.777. The molecule has 1 aromatic rings. The van der Waals surface area contributed by atoms with Gasteiger partial charge in [-0.3, -0.25) is 0 Å². The predicted octanol–water partition coefficient (Wildman–Crippen LogP) is 3.62. The van der Waals surface area contributed by atoms with Crippen molar-refractivity contribution < 1.29 is 5.11 Å². The molecule has 1 N–H and O–H groups in total. The molecular formula is C13H20OS. The third kappa shape index (κ3) is 3.32. The van der Waals surface area contributed by atoms with Crippen LogP contribution in [0.5, 0.6) is 0 Å². The summed E-state index contributed by atoms with van der Waals surface area (Å²) in [7, 11) is 0. The largest absolute Gasteiger partial charge is 0.393 e. The molecule has 0 aromatic carbocycles. The Morgan fingerprint density at radius 2 is 2.13 bits per heavy atom. The second kappa shape index (κ2) is 5.66. The Morgan fingerprint density at radius 1 is 1.27 bits per heavy atom. The lowest BCUT2D eigenvalue weighted by atomic mass is 9.92. The topological polar surface area (TPSA) is 20.2 Å². The maximum absolute atomic E-state index is 9.98. The van der Waals surface area contributed by atoms with E-state index in [4.69, 9.17) is 0 Å². The summed E-state index contributed by atoms with van der Waals surface area (Å²) >= 11 is 1.84. The molecule has 1 aliphatic rings. The number of aliphatic hydroxyl groups is 1. The summed E-state index contributed by atoms with van der Waals surface area (Å²) in [6, 6.07) is 4.32. The second-order valence-corrected chi connectivity index (χ2v) is 5.62. The van der Waals surface area contributed by atoms with E-state index >= 15 is 0 Å². The molecule has 1 heterocycles. The molecule has 0 amide bonds. The first-order valence-corrected chi connectivity index (χ1v) is 6.94. The summed E-state index contributed by atoms with van der Waals surface area (Å²) in [6.45, 7) is 0. The number of rotatable bonds is 3. The highest BCUT2D eigenvalue weighted by molar-refractivity contribution is 7.09. The minimum atomic E-state index is -0.0348. The zero-order valence-electron chi connectivity index (χ0n) is 9.19.